The van der Waals surface area contributed by atoms with E-state index >= 15 is 0 Å². The van der Waals surface area contributed by atoms with Crippen molar-refractivity contribution in [1.29, 1.82) is 0 Å². The molecular formula is C15H18N6O. The van der Waals surface area contributed by atoms with Gasteiger partial charge >= 0.3 is 0 Å². The molecule has 1 amide bonds. The standard InChI is InChI=1S/C15H18N6O/c1-20-7-5-11(6-8-20)16-15(22)13-9-10-3-2-4-12-14(10)21(18-13)19-17-12/h2-4,11H,5-9H2,1H3,(H,16,22). The molecule has 0 unspecified atom stereocenters. The lowest BCUT2D eigenvalue weighted by atomic mass is 10.0. The molecule has 0 aliphatic carbocycles. The third-order valence-electron chi connectivity index (χ3n) is 4.42. The van der Waals surface area contributed by atoms with Crippen molar-refractivity contribution in [3.05, 3.63) is 23.8 Å². The van der Waals surface area contributed by atoms with Crippen LogP contribution >= 0.6 is 0 Å². The molecule has 1 saturated heterocycles. The number of nitrogens with one attached hydrogen (secondary N) is 1. The fourth-order valence-corrected chi connectivity index (χ4v) is 3.11. The van der Waals surface area contributed by atoms with Crippen molar-refractivity contribution in [1.82, 2.24) is 25.3 Å². The monoisotopic (exact) mass is 298 g/mol. The number of carbonyl (C=O) groups excluding carboxylic acids is 1. The molecule has 1 aromatic heterocycles. The first-order valence-electron chi connectivity index (χ1n) is 7.61. The number of benzene rings is 1. The molecular weight excluding hydrogens is 280 g/mol. The maximum absolute atomic E-state index is 12.5. The number of rotatable bonds is 2. The fourth-order valence-electron chi connectivity index (χ4n) is 3.11. The van der Waals surface area contributed by atoms with Crippen molar-refractivity contribution in [2.75, 3.05) is 20.1 Å². The van der Waals surface area contributed by atoms with Crippen LogP contribution in [0.4, 0.5) is 0 Å². The van der Waals surface area contributed by atoms with Gasteiger partial charge in [0.25, 0.3) is 5.91 Å². The third kappa shape index (κ3) is 2.27. The topological polar surface area (TPSA) is 75.4 Å². The van der Waals surface area contributed by atoms with Gasteiger partial charge in [-0.1, -0.05) is 12.1 Å². The Morgan fingerprint density at radius 2 is 2.14 bits per heavy atom. The molecule has 0 atom stereocenters. The van der Waals surface area contributed by atoms with E-state index in [1.807, 2.05) is 18.2 Å². The Morgan fingerprint density at radius 3 is 2.95 bits per heavy atom. The van der Waals surface area contributed by atoms with Crippen molar-refractivity contribution >= 4 is 22.7 Å². The van der Waals surface area contributed by atoms with Crippen molar-refractivity contribution < 1.29 is 4.79 Å². The van der Waals surface area contributed by atoms with Crippen LogP contribution in [0.25, 0.3) is 11.0 Å². The predicted octanol–water partition coefficient (Wildman–Crippen LogP) is 0.402. The summed E-state index contributed by atoms with van der Waals surface area (Å²) in [6.07, 6.45) is 2.50. The van der Waals surface area contributed by atoms with E-state index in [1.54, 1.807) is 0 Å². The van der Waals surface area contributed by atoms with Crippen LogP contribution in [-0.2, 0) is 11.2 Å². The number of aromatic nitrogens is 3. The molecule has 7 heteroatoms. The average molecular weight is 298 g/mol. The third-order valence-corrected chi connectivity index (χ3v) is 4.42. The van der Waals surface area contributed by atoms with E-state index in [1.165, 1.54) is 4.79 Å². The van der Waals surface area contributed by atoms with Crippen LogP contribution in [0.3, 0.4) is 0 Å². The minimum Gasteiger partial charge on any atom is -0.348 e. The van der Waals surface area contributed by atoms with Crippen LogP contribution in [0.5, 0.6) is 0 Å². The van der Waals surface area contributed by atoms with E-state index in [-0.39, 0.29) is 11.9 Å². The molecule has 1 N–H and O–H groups in total. The van der Waals surface area contributed by atoms with Crippen LogP contribution in [0, 0.1) is 0 Å². The lowest BCUT2D eigenvalue weighted by Crippen LogP contribution is -2.46. The smallest absolute Gasteiger partial charge is 0.268 e. The SMILES string of the molecule is CN1CCC(NC(=O)C2=Nn3nnc4cccc(c43)C2)CC1. The summed E-state index contributed by atoms with van der Waals surface area (Å²) < 4.78 is 0. The maximum atomic E-state index is 12.5. The second-order valence-corrected chi connectivity index (χ2v) is 6.04. The van der Waals surface area contributed by atoms with Gasteiger partial charge in [0.15, 0.2) is 0 Å². The number of hydrogen-bond donors (Lipinski definition) is 1. The van der Waals surface area contributed by atoms with Gasteiger partial charge in [0, 0.05) is 12.5 Å². The number of para-hydroxylation sites is 1. The van der Waals surface area contributed by atoms with Crippen molar-refractivity contribution in [2.45, 2.75) is 25.3 Å². The van der Waals surface area contributed by atoms with Crippen LogP contribution in [-0.4, -0.2) is 57.8 Å². The van der Waals surface area contributed by atoms with Crippen LogP contribution in [0.2, 0.25) is 0 Å². The Hall–Kier alpha value is -2.28. The highest BCUT2D eigenvalue weighted by molar-refractivity contribution is 6.39. The Kier molecular flexibility index (Phi) is 3.15. The molecule has 2 aliphatic rings. The van der Waals surface area contributed by atoms with Crippen LogP contribution < -0.4 is 5.32 Å². The zero-order valence-electron chi connectivity index (χ0n) is 12.5. The fraction of sp³-hybridized carbons (Fsp3) is 0.467. The minimum atomic E-state index is -0.0901. The first-order valence-corrected chi connectivity index (χ1v) is 7.61. The van der Waals surface area contributed by atoms with E-state index < -0.39 is 0 Å². The van der Waals surface area contributed by atoms with Gasteiger partial charge < -0.3 is 10.2 Å². The summed E-state index contributed by atoms with van der Waals surface area (Å²) in [5.74, 6) is -0.0901. The number of carbonyl (C=O) groups is 1. The molecule has 1 aromatic carbocycles. The average Bonchev–Trinajstić information content (AvgIpc) is 2.95. The van der Waals surface area contributed by atoms with Gasteiger partial charge in [0.05, 0.1) is 0 Å². The van der Waals surface area contributed by atoms with Gasteiger partial charge in [0.2, 0.25) is 0 Å². The zero-order valence-corrected chi connectivity index (χ0v) is 12.5. The highest BCUT2D eigenvalue weighted by Crippen LogP contribution is 2.21. The highest BCUT2D eigenvalue weighted by atomic mass is 16.2. The van der Waals surface area contributed by atoms with E-state index in [0.29, 0.717) is 12.1 Å². The number of likely N-dealkylation sites (tertiary alicyclic amines) is 1. The van der Waals surface area contributed by atoms with E-state index in [9.17, 15) is 4.79 Å². The molecule has 2 aliphatic heterocycles. The van der Waals surface area contributed by atoms with Crippen molar-refractivity contribution in [3.63, 3.8) is 0 Å². The van der Waals surface area contributed by atoms with Gasteiger partial charge in [-0.3, -0.25) is 4.79 Å². The summed E-state index contributed by atoms with van der Waals surface area (Å²) in [7, 11) is 2.11. The van der Waals surface area contributed by atoms with Gasteiger partial charge in [-0.25, -0.2) is 0 Å². The molecule has 2 aromatic rings. The second kappa shape index (κ2) is 5.17. The first kappa shape index (κ1) is 13.4. The molecule has 4 rings (SSSR count). The van der Waals surface area contributed by atoms with Gasteiger partial charge in [-0.15, -0.1) is 15.0 Å². The number of amides is 1. The molecule has 22 heavy (non-hydrogen) atoms. The lowest BCUT2D eigenvalue weighted by molar-refractivity contribution is -0.115. The van der Waals surface area contributed by atoms with E-state index in [4.69, 9.17) is 0 Å². The molecule has 3 heterocycles. The summed E-state index contributed by atoms with van der Waals surface area (Å²) >= 11 is 0. The Labute approximate surface area is 128 Å². The Morgan fingerprint density at radius 1 is 1.32 bits per heavy atom. The minimum absolute atomic E-state index is 0.0901. The predicted molar refractivity (Wildman–Crippen MR) is 82.7 cm³/mol. The van der Waals surface area contributed by atoms with Gasteiger partial charge in [-0.05, 0) is 49.8 Å². The molecule has 0 saturated carbocycles. The molecule has 0 bridgehead atoms. The van der Waals surface area contributed by atoms with Gasteiger partial charge in [0.1, 0.15) is 16.7 Å². The summed E-state index contributed by atoms with van der Waals surface area (Å²) in [5.41, 5.74) is 3.27. The lowest BCUT2D eigenvalue weighted by Gasteiger charge is -2.29. The Balaban J connectivity index is 1.54. The van der Waals surface area contributed by atoms with Crippen molar-refractivity contribution in [3.8, 4) is 0 Å². The molecule has 7 nitrogen and oxygen atoms in total. The summed E-state index contributed by atoms with van der Waals surface area (Å²) in [6.45, 7) is 2.04. The molecule has 1 fully saturated rings. The summed E-state index contributed by atoms with van der Waals surface area (Å²) in [6, 6.07) is 6.08. The van der Waals surface area contributed by atoms with E-state index in [0.717, 1.165) is 42.5 Å². The summed E-state index contributed by atoms with van der Waals surface area (Å²) in [4.78, 5) is 16.2. The van der Waals surface area contributed by atoms with E-state index in [2.05, 4.69) is 32.7 Å². The molecule has 0 spiro atoms. The van der Waals surface area contributed by atoms with Crippen LogP contribution in [0.15, 0.2) is 23.3 Å². The zero-order chi connectivity index (χ0) is 15.1. The summed E-state index contributed by atoms with van der Waals surface area (Å²) in [5, 5.41) is 15.5. The first-order chi connectivity index (χ1) is 10.7. The maximum Gasteiger partial charge on any atom is 0.268 e. The number of hydrogen-bond acceptors (Lipinski definition) is 5. The van der Waals surface area contributed by atoms with Crippen LogP contribution in [0.1, 0.15) is 18.4 Å². The number of piperidine rings is 1. The quantitative estimate of drug-likeness (QED) is 0.871. The molecule has 114 valence electrons. The normalized spacial score (nSPS) is 19.2. The molecule has 0 radical (unpaired) electrons. The van der Waals surface area contributed by atoms with Gasteiger partial charge in [-0.2, -0.15) is 0 Å². The highest BCUT2D eigenvalue weighted by Gasteiger charge is 2.25. The Bertz CT molecular complexity index is 756. The second-order valence-electron chi connectivity index (χ2n) is 6.04. The van der Waals surface area contributed by atoms with Crippen molar-refractivity contribution in [2.24, 2.45) is 5.10 Å². The number of nitrogens with zero attached hydrogens (tertiary/aromatic N) is 5. The largest absolute Gasteiger partial charge is 0.348 e.